The van der Waals surface area contributed by atoms with E-state index in [1.54, 1.807) is 12.1 Å². The summed E-state index contributed by atoms with van der Waals surface area (Å²) in [6.07, 6.45) is 0.972. The maximum Gasteiger partial charge on any atom is 0.243 e. The zero-order chi connectivity index (χ0) is 23.6. The number of rotatable bonds is 6. The zero-order valence-electron chi connectivity index (χ0n) is 18.8. The highest BCUT2D eigenvalue weighted by Gasteiger charge is 2.33. The van der Waals surface area contributed by atoms with Crippen molar-refractivity contribution in [1.29, 1.82) is 0 Å². The van der Waals surface area contributed by atoms with Gasteiger partial charge in [0.05, 0.1) is 15.8 Å². The molecular formula is C24H29N3O4S2. The Morgan fingerprint density at radius 1 is 1.18 bits per heavy atom. The molecular weight excluding hydrogens is 458 g/mol. The van der Waals surface area contributed by atoms with Crippen LogP contribution < -0.4 is 10.6 Å². The summed E-state index contributed by atoms with van der Waals surface area (Å²) in [4.78, 5) is 25.6. The van der Waals surface area contributed by atoms with Crippen LogP contribution in [-0.4, -0.2) is 49.4 Å². The molecule has 0 bridgehead atoms. The Morgan fingerprint density at radius 2 is 1.88 bits per heavy atom. The van der Waals surface area contributed by atoms with Crippen LogP contribution in [0.3, 0.4) is 0 Å². The van der Waals surface area contributed by atoms with Crippen LogP contribution in [0.15, 0.2) is 58.3 Å². The summed E-state index contributed by atoms with van der Waals surface area (Å²) in [5.74, 6) is -0.130. The first-order valence-electron chi connectivity index (χ1n) is 11.2. The Balaban J connectivity index is 1.34. The van der Waals surface area contributed by atoms with Crippen LogP contribution in [0.4, 0.5) is 5.69 Å². The maximum atomic E-state index is 13.2. The van der Waals surface area contributed by atoms with Gasteiger partial charge in [-0.3, -0.25) is 9.59 Å². The lowest BCUT2D eigenvalue weighted by molar-refractivity contribution is -0.126. The fourth-order valence-electron chi connectivity index (χ4n) is 4.15. The Kier molecular flexibility index (Phi) is 7.11. The summed E-state index contributed by atoms with van der Waals surface area (Å²) >= 11 is 1.42. The molecule has 7 nitrogen and oxygen atoms in total. The molecule has 9 heteroatoms. The monoisotopic (exact) mass is 487 g/mol. The van der Waals surface area contributed by atoms with Crippen LogP contribution in [0, 0.1) is 5.92 Å². The zero-order valence-corrected chi connectivity index (χ0v) is 20.4. The van der Waals surface area contributed by atoms with E-state index in [9.17, 15) is 18.0 Å². The fraction of sp³-hybridized carbons (Fsp3) is 0.417. The minimum atomic E-state index is -3.70. The van der Waals surface area contributed by atoms with Crippen molar-refractivity contribution in [1.82, 2.24) is 9.62 Å². The fourth-order valence-corrected chi connectivity index (χ4v) is 6.58. The third-order valence-corrected chi connectivity index (χ3v) is 9.37. The van der Waals surface area contributed by atoms with Gasteiger partial charge in [0.2, 0.25) is 21.8 Å². The lowest BCUT2D eigenvalue weighted by Crippen LogP contribution is -2.43. The second-order valence-electron chi connectivity index (χ2n) is 8.64. The topological polar surface area (TPSA) is 95.6 Å². The minimum absolute atomic E-state index is 0.0162. The molecule has 0 aromatic heterocycles. The lowest BCUT2D eigenvalue weighted by atomic mass is 9.96. The van der Waals surface area contributed by atoms with Gasteiger partial charge in [0.1, 0.15) is 0 Å². The molecule has 2 aliphatic heterocycles. The molecule has 2 amide bonds. The van der Waals surface area contributed by atoms with E-state index in [-0.39, 0.29) is 33.8 Å². The summed E-state index contributed by atoms with van der Waals surface area (Å²) in [6, 6.07) is 14.9. The van der Waals surface area contributed by atoms with Crippen molar-refractivity contribution >= 4 is 39.3 Å². The molecule has 1 fully saturated rings. The quantitative estimate of drug-likeness (QED) is 0.651. The Labute approximate surface area is 199 Å². The number of sulfonamides is 1. The average molecular weight is 488 g/mol. The van der Waals surface area contributed by atoms with E-state index in [4.69, 9.17) is 0 Å². The minimum Gasteiger partial charge on any atom is -0.355 e. The van der Waals surface area contributed by atoms with Gasteiger partial charge in [0, 0.05) is 30.4 Å². The van der Waals surface area contributed by atoms with Crippen LogP contribution in [-0.2, 0) is 19.6 Å². The molecule has 33 heavy (non-hydrogen) atoms. The first kappa shape index (κ1) is 23.8. The summed E-state index contributed by atoms with van der Waals surface area (Å²) in [6.45, 7) is 5.04. The number of nitrogens with one attached hydrogen (secondary N) is 2. The molecule has 0 unspecified atom stereocenters. The number of amides is 2. The van der Waals surface area contributed by atoms with Gasteiger partial charge in [-0.05, 0) is 49.4 Å². The molecule has 2 aliphatic rings. The van der Waals surface area contributed by atoms with Crippen molar-refractivity contribution in [3.63, 3.8) is 0 Å². The van der Waals surface area contributed by atoms with Crippen LogP contribution >= 0.6 is 11.8 Å². The van der Waals surface area contributed by atoms with Crippen molar-refractivity contribution in [3.05, 3.63) is 54.1 Å². The molecule has 2 N–H and O–H groups in total. The summed E-state index contributed by atoms with van der Waals surface area (Å²) in [5.41, 5.74) is 1.71. The number of hydrogen-bond donors (Lipinski definition) is 2. The van der Waals surface area contributed by atoms with E-state index in [2.05, 4.69) is 17.6 Å². The Hall–Kier alpha value is -2.36. The van der Waals surface area contributed by atoms with E-state index >= 15 is 0 Å². The molecule has 0 spiro atoms. The van der Waals surface area contributed by atoms with E-state index < -0.39 is 10.0 Å². The smallest absolute Gasteiger partial charge is 0.243 e. The Morgan fingerprint density at radius 3 is 2.58 bits per heavy atom. The number of carbonyl (C=O) groups excluding carboxylic acids is 2. The molecule has 1 saturated heterocycles. The lowest BCUT2D eigenvalue weighted by Gasteiger charge is -2.31. The molecule has 0 radical (unpaired) electrons. The van der Waals surface area contributed by atoms with E-state index in [1.165, 1.54) is 27.7 Å². The molecule has 2 aromatic rings. The maximum absolute atomic E-state index is 13.2. The van der Waals surface area contributed by atoms with Gasteiger partial charge < -0.3 is 10.6 Å². The van der Waals surface area contributed by atoms with Crippen LogP contribution in [0.1, 0.15) is 38.2 Å². The average Bonchev–Trinajstić information content (AvgIpc) is 2.83. The SMILES string of the molecule is C[C@@H]1Sc2ccc(S(=O)(=O)N3CCC(C(=O)NC[C@H](C)c4ccccc4)CC3)cc2NC1=O. The number of hydrogen-bond acceptors (Lipinski definition) is 5. The molecule has 0 aliphatic carbocycles. The summed E-state index contributed by atoms with van der Waals surface area (Å²) < 4.78 is 27.8. The number of benzene rings is 2. The predicted molar refractivity (Wildman–Crippen MR) is 130 cm³/mol. The number of thioether (sulfide) groups is 1. The third kappa shape index (κ3) is 5.26. The number of nitrogens with zero attached hydrogens (tertiary/aromatic N) is 1. The number of anilines is 1. The van der Waals surface area contributed by atoms with Gasteiger partial charge in [0.15, 0.2) is 0 Å². The second-order valence-corrected chi connectivity index (χ2v) is 12.0. The van der Waals surface area contributed by atoms with E-state index in [0.29, 0.717) is 38.2 Å². The van der Waals surface area contributed by atoms with Crippen LogP contribution in [0.2, 0.25) is 0 Å². The molecule has 2 aromatic carbocycles. The first-order chi connectivity index (χ1) is 15.8. The van der Waals surface area contributed by atoms with Gasteiger partial charge >= 0.3 is 0 Å². The highest BCUT2D eigenvalue weighted by molar-refractivity contribution is 8.01. The van der Waals surface area contributed by atoms with Crippen molar-refractivity contribution in [2.24, 2.45) is 5.92 Å². The van der Waals surface area contributed by atoms with Crippen LogP contribution in [0.25, 0.3) is 0 Å². The molecule has 0 saturated carbocycles. The highest BCUT2D eigenvalue weighted by atomic mass is 32.2. The number of carbonyl (C=O) groups is 2. The van der Waals surface area contributed by atoms with Crippen molar-refractivity contribution in [2.75, 3.05) is 25.0 Å². The first-order valence-corrected chi connectivity index (χ1v) is 13.5. The molecule has 4 rings (SSSR count). The van der Waals surface area contributed by atoms with Gasteiger partial charge in [0.25, 0.3) is 0 Å². The van der Waals surface area contributed by atoms with Gasteiger partial charge in [-0.1, -0.05) is 37.3 Å². The van der Waals surface area contributed by atoms with Gasteiger partial charge in [-0.15, -0.1) is 11.8 Å². The van der Waals surface area contributed by atoms with E-state index in [1.807, 2.05) is 37.3 Å². The largest absolute Gasteiger partial charge is 0.355 e. The van der Waals surface area contributed by atoms with Crippen molar-refractivity contribution < 1.29 is 18.0 Å². The summed E-state index contributed by atoms with van der Waals surface area (Å²) in [5, 5.41) is 5.61. The second kappa shape index (κ2) is 9.87. The molecule has 2 atom stereocenters. The van der Waals surface area contributed by atoms with Crippen molar-refractivity contribution in [3.8, 4) is 0 Å². The van der Waals surface area contributed by atoms with Crippen molar-refractivity contribution in [2.45, 2.75) is 47.6 Å². The van der Waals surface area contributed by atoms with Crippen LogP contribution in [0.5, 0.6) is 0 Å². The normalized spacial score (nSPS) is 20.5. The predicted octanol–water partition coefficient (Wildman–Crippen LogP) is 3.44. The standard InChI is InChI=1S/C24H29N3O4S2/c1-16(18-6-4-3-5-7-18)15-25-24(29)19-10-12-27(13-11-19)33(30,31)20-8-9-22-21(14-20)26-23(28)17(2)32-22/h3-9,14,16-17,19H,10-13,15H2,1-2H3,(H,25,29)(H,26,28)/t16-,17-/m0/s1. The third-order valence-electron chi connectivity index (χ3n) is 6.30. The number of piperidine rings is 1. The summed E-state index contributed by atoms with van der Waals surface area (Å²) in [7, 11) is -3.70. The molecule has 176 valence electrons. The number of fused-ring (bicyclic) bond motifs is 1. The van der Waals surface area contributed by atoms with Gasteiger partial charge in [-0.25, -0.2) is 8.42 Å². The Bertz CT molecular complexity index is 1130. The van der Waals surface area contributed by atoms with E-state index in [0.717, 1.165) is 4.90 Å². The molecule has 2 heterocycles. The highest BCUT2D eigenvalue weighted by Crippen LogP contribution is 2.37. The van der Waals surface area contributed by atoms with Gasteiger partial charge in [-0.2, -0.15) is 4.31 Å².